The number of likely N-dealkylation sites (N-methyl/N-ethyl adjacent to an activating group) is 1. The van der Waals surface area contributed by atoms with E-state index in [1.54, 1.807) is 7.11 Å². The summed E-state index contributed by atoms with van der Waals surface area (Å²) in [6.07, 6.45) is 2.03. The Morgan fingerprint density at radius 2 is 2.32 bits per heavy atom. The van der Waals surface area contributed by atoms with Crippen molar-refractivity contribution in [3.63, 3.8) is 0 Å². The Bertz CT molecular complexity index is 324. The van der Waals surface area contributed by atoms with Gasteiger partial charge in [-0.1, -0.05) is 6.92 Å². The largest absolute Gasteiger partial charge is 0.379 e. The molecule has 2 aliphatic heterocycles. The zero-order valence-electron chi connectivity index (χ0n) is 12.3. The van der Waals surface area contributed by atoms with Crippen LogP contribution in [-0.4, -0.2) is 62.4 Å². The second kappa shape index (κ2) is 6.20. The van der Waals surface area contributed by atoms with Gasteiger partial charge in [0.2, 0.25) is 5.91 Å². The first-order valence-corrected chi connectivity index (χ1v) is 7.24. The van der Waals surface area contributed by atoms with Crippen molar-refractivity contribution in [2.45, 2.75) is 38.3 Å². The maximum absolute atomic E-state index is 12.6. The van der Waals surface area contributed by atoms with Crippen molar-refractivity contribution in [3.8, 4) is 0 Å². The van der Waals surface area contributed by atoms with Crippen LogP contribution in [0.1, 0.15) is 26.7 Å². The molecule has 0 aromatic rings. The number of amides is 1. The predicted molar refractivity (Wildman–Crippen MR) is 73.0 cm³/mol. The van der Waals surface area contributed by atoms with E-state index in [0.717, 1.165) is 25.9 Å². The number of piperidine rings is 1. The molecule has 0 radical (unpaired) electrons. The van der Waals surface area contributed by atoms with Gasteiger partial charge in [-0.15, -0.1) is 0 Å². The van der Waals surface area contributed by atoms with Crippen LogP contribution in [0.2, 0.25) is 0 Å². The molecule has 19 heavy (non-hydrogen) atoms. The number of carbonyl (C=O) groups is 1. The first-order chi connectivity index (χ1) is 9.09. The monoisotopic (exact) mass is 270 g/mol. The van der Waals surface area contributed by atoms with E-state index in [0.29, 0.717) is 19.8 Å². The van der Waals surface area contributed by atoms with Crippen LogP contribution in [0.4, 0.5) is 0 Å². The molecule has 0 aromatic heterocycles. The molecule has 1 N–H and O–H groups in total. The summed E-state index contributed by atoms with van der Waals surface area (Å²) in [6.45, 7) is 7.72. The second-order valence-corrected chi connectivity index (χ2v) is 5.83. The summed E-state index contributed by atoms with van der Waals surface area (Å²) >= 11 is 0. The van der Waals surface area contributed by atoms with Crippen LogP contribution in [0.15, 0.2) is 0 Å². The summed E-state index contributed by atoms with van der Waals surface area (Å²) < 4.78 is 11.0. The normalized spacial score (nSPS) is 35.6. The summed E-state index contributed by atoms with van der Waals surface area (Å²) in [6, 6.07) is 0.160. The molecule has 2 fully saturated rings. The molecule has 2 heterocycles. The quantitative estimate of drug-likeness (QED) is 0.814. The van der Waals surface area contributed by atoms with Gasteiger partial charge >= 0.3 is 0 Å². The zero-order chi connectivity index (χ0) is 13.9. The third-order valence-corrected chi connectivity index (χ3v) is 4.33. The van der Waals surface area contributed by atoms with Crippen molar-refractivity contribution in [1.29, 1.82) is 0 Å². The minimum absolute atomic E-state index is 0.0424. The van der Waals surface area contributed by atoms with Crippen LogP contribution in [0.3, 0.4) is 0 Å². The van der Waals surface area contributed by atoms with Gasteiger partial charge in [-0.25, -0.2) is 0 Å². The SMILES string of the molecule is CCNC1COCC1C(=O)N1CCCC(C)(OC)C1. The lowest BCUT2D eigenvalue weighted by molar-refractivity contribution is -0.144. The van der Waals surface area contributed by atoms with Crippen LogP contribution in [-0.2, 0) is 14.3 Å². The van der Waals surface area contributed by atoms with Gasteiger partial charge in [0.25, 0.3) is 0 Å². The number of carbonyl (C=O) groups excluding carboxylic acids is 1. The number of hydrogen-bond acceptors (Lipinski definition) is 4. The van der Waals surface area contributed by atoms with Crippen LogP contribution in [0.5, 0.6) is 0 Å². The van der Waals surface area contributed by atoms with Crippen LogP contribution < -0.4 is 5.32 Å². The lowest BCUT2D eigenvalue weighted by Crippen LogP contribution is -2.53. The Balaban J connectivity index is 1.98. The molecule has 5 heteroatoms. The lowest BCUT2D eigenvalue weighted by Gasteiger charge is -2.40. The predicted octanol–water partition coefficient (Wildman–Crippen LogP) is 0.638. The fraction of sp³-hybridized carbons (Fsp3) is 0.929. The third kappa shape index (κ3) is 3.27. The van der Waals surface area contributed by atoms with Crippen molar-refractivity contribution in [3.05, 3.63) is 0 Å². The van der Waals surface area contributed by atoms with E-state index in [4.69, 9.17) is 9.47 Å². The number of nitrogens with one attached hydrogen (secondary N) is 1. The van der Waals surface area contributed by atoms with Crippen molar-refractivity contribution >= 4 is 5.91 Å². The van der Waals surface area contributed by atoms with Crippen LogP contribution in [0.25, 0.3) is 0 Å². The van der Waals surface area contributed by atoms with Crippen molar-refractivity contribution in [2.75, 3.05) is 40.0 Å². The van der Waals surface area contributed by atoms with Gasteiger partial charge in [-0.2, -0.15) is 0 Å². The number of likely N-dealkylation sites (tertiary alicyclic amines) is 1. The molecule has 3 atom stereocenters. The number of nitrogens with zero attached hydrogens (tertiary/aromatic N) is 1. The first kappa shape index (κ1) is 14.8. The molecule has 3 unspecified atom stereocenters. The standard InChI is InChI=1S/C14H26N2O3/c1-4-15-12-9-19-8-11(12)13(17)16-7-5-6-14(2,10-16)18-3/h11-12,15H,4-10H2,1-3H3. The highest BCUT2D eigenvalue weighted by Crippen LogP contribution is 2.26. The summed E-state index contributed by atoms with van der Waals surface area (Å²) in [5.41, 5.74) is -0.193. The Morgan fingerprint density at radius 3 is 3.00 bits per heavy atom. The van der Waals surface area contributed by atoms with E-state index in [2.05, 4.69) is 19.2 Å². The van der Waals surface area contributed by atoms with E-state index in [-0.39, 0.29) is 23.5 Å². The first-order valence-electron chi connectivity index (χ1n) is 7.24. The molecule has 0 aromatic carbocycles. The van der Waals surface area contributed by atoms with Crippen molar-refractivity contribution < 1.29 is 14.3 Å². The van der Waals surface area contributed by atoms with E-state index in [1.165, 1.54) is 0 Å². The van der Waals surface area contributed by atoms with Gasteiger partial charge in [-0.05, 0) is 26.3 Å². The summed E-state index contributed by atoms with van der Waals surface area (Å²) in [5.74, 6) is 0.172. The molecular weight excluding hydrogens is 244 g/mol. The molecule has 0 bridgehead atoms. The topological polar surface area (TPSA) is 50.8 Å². The minimum Gasteiger partial charge on any atom is -0.379 e. The highest BCUT2D eigenvalue weighted by Gasteiger charge is 2.40. The molecule has 2 aliphatic rings. The van der Waals surface area contributed by atoms with E-state index >= 15 is 0 Å². The van der Waals surface area contributed by atoms with E-state index < -0.39 is 0 Å². The van der Waals surface area contributed by atoms with E-state index in [9.17, 15) is 4.79 Å². The molecular formula is C14H26N2O3. The van der Waals surface area contributed by atoms with Gasteiger partial charge in [0, 0.05) is 26.2 Å². The molecule has 2 rings (SSSR count). The molecule has 5 nitrogen and oxygen atoms in total. The number of ether oxygens (including phenoxy) is 2. The average Bonchev–Trinajstić information content (AvgIpc) is 2.87. The van der Waals surface area contributed by atoms with Gasteiger partial charge in [0.1, 0.15) is 0 Å². The summed E-state index contributed by atoms with van der Waals surface area (Å²) in [5, 5.41) is 3.35. The smallest absolute Gasteiger partial charge is 0.229 e. The molecule has 1 amide bonds. The highest BCUT2D eigenvalue weighted by atomic mass is 16.5. The fourth-order valence-corrected chi connectivity index (χ4v) is 3.06. The van der Waals surface area contributed by atoms with Crippen molar-refractivity contribution in [1.82, 2.24) is 10.2 Å². The number of hydrogen-bond donors (Lipinski definition) is 1. The molecule has 2 saturated heterocycles. The fourth-order valence-electron chi connectivity index (χ4n) is 3.06. The maximum Gasteiger partial charge on any atom is 0.229 e. The Kier molecular flexibility index (Phi) is 4.81. The molecule has 110 valence electrons. The Morgan fingerprint density at radius 1 is 1.53 bits per heavy atom. The number of methoxy groups -OCH3 is 1. The Hall–Kier alpha value is -0.650. The highest BCUT2D eigenvalue weighted by molar-refractivity contribution is 5.80. The van der Waals surface area contributed by atoms with Gasteiger partial charge < -0.3 is 19.7 Å². The van der Waals surface area contributed by atoms with Crippen molar-refractivity contribution in [2.24, 2.45) is 5.92 Å². The minimum atomic E-state index is -0.193. The second-order valence-electron chi connectivity index (χ2n) is 5.83. The van der Waals surface area contributed by atoms with Gasteiger partial charge in [0.15, 0.2) is 0 Å². The zero-order valence-corrected chi connectivity index (χ0v) is 12.3. The maximum atomic E-state index is 12.6. The number of rotatable bonds is 4. The molecule has 0 saturated carbocycles. The van der Waals surface area contributed by atoms with Crippen LogP contribution >= 0.6 is 0 Å². The molecule has 0 spiro atoms. The summed E-state index contributed by atoms with van der Waals surface area (Å²) in [4.78, 5) is 14.6. The lowest BCUT2D eigenvalue weighted by atomic mass is 9.92. The van der Waals surface area contributed by atoms with Crippen LogP contribution in [0, 0.1) is 5.92 Å². The van der Waals surface area contributed by atoms with E-state index in [1.807, 2.05) is 4.90 Å². The van der Waals surface area contributed by atoms with Gasteiger partial charge in [0.05, 0.1) is 24.7 Å². The van der Waals surface area contributed by atoms with Gasteiger partial charge in [-0.3, -0.25) is 4.79 Å². The molecule has 0 aliphatic carbocycles. The average molecular weight is 270 g/mol. The Labute approximate surface area is 115 Å². The third-order valence-electron chi connectivity index (χ3n) is 4.33. The summed E-state index contributed by atoms with van der Waals surface area (Å²) in [7, 11) is 1.73.